The highest BCUT2D eigenvalue weighted by Gasteiger charge is 2.47. The van der Waals surface area contributed by atoms with Gasteiger partial charge in [-0.2, -0.15) is 0 Å². The lowest BCUT2D eigenvalue weighted by Gasteiger charge is -2.38. The van der Waals surface area contributed by atoms with Crippen molar-refractivity contribution >= 4 is 0 Å². The van der Waals surface area contributed by atoms with E-state index in [4.69, 9.17) is 15.3 Å². The van der Waals surface area contributed by atoms with Crippen molar-refractivity contribution < 1.29 is 25.5 Å². The molecule has 0 aromatic rings. The number of aliphatic hydroxyl groups excluding tert-OH is 4. The molecule has 5 heteroatoms. The molecule has 0 aliphatic heterocycles. The Balaban J connectivity index is 4.79. The van der Waals surface area contributed by atoms with Gasteiger partial charge in [-0.3, -0.25) is 0 Å². The maximum Gasteiger partial charge on any atom is 0.158 e. The van der Waals surface area contributed by atoms with E-state index < -0.39 is 30.0 Å². The van der Waals surface area contributed by atoms with E-state index in [0.717, 1.165) is 0 Å². The largest absolute Gasteiger partial charge is 0.390 e. The van der Waals surface area contributed by atoms with E-state index >= 15 is 0 Å². The average Bonchev–Trinajstić information content (AvgIpc) is 2.00. The summed E-state index contributed by atoms with van der Waals surface area (Å²) < 4.78 is 0. The van der Waals surface area contributed by atoms with E-state index in [-0.39, 0.29) is 0 Å². The molecule has 5 N–H and O–H groups in total. The van der Waals surface area contributed by atoms with Gasteiger partial charge in [0.15, 0.2) is 6.10 Å². The Kier molecular flexibility index (Phi) is 4.28. The van der Waals surface area contributed by atoms with Gasteiger partial charge in [-0.05, 0) is 20.8 Å². The molecule has 0 saturated heterocycles. The number of rotatable bonds is 4. The molecule has 0 aliphatic carbocycles. The lowest BCUT2D eigenvalue weighted by molar-refractivity contribution is -0.167. The fraction of sp³-hybridized carbons (Fsp3) is 0.875. The third-order valence-corrected chi connectivity index (χ3v) is 2.08. The zero-order valence-corrected chi connectivity index (χ0v) is 7.97. The lowest BCUT2D eigenvalue weighted by Crippen LogP contribution is -2.57. The van der Waals surface area contributed by atoms with E-state index in [1.54, 1.807) is 0 Å². The van der Waals surface area contributed by atoms with Crippen molar-refractivity contribution in [1.82, 2.24) is 0 Å². The van der Waals surface area contributed by atoms with Crippen LogP contribution in [0, 0.1) is 6.10 Å². The molecule has 0 amide bonds. The van der Waals surface area contributed by atoms with Crippen LogP contribution in [0.25, 0.3) is 0 Å². The molecule has 0 aliphatic rings. The molecule has 5 nitrogen and oxygen atoms in total. The van der Waals surface area contributed by atoms with Crippen molar-refractivity contribution in [1.29, 1.82) is 0 Å². The molecule has 0 spiro atoms. The first kappa shape index (κ1) is 12.8. The second-order valence-corrected chi connectivity index (χ2v) is 3.24. The molecule has 79 valence electrons. The van der Waals surface area contributed by atoms with Gasteiger partial charge in [0.1, 0.15) is 5.60 Å². The highest BCUT2D eigenvalue weighted by Crippen LogP contribution is 2.28. The SMILES string of the molecule is CC(O)[C](O)C(O)(C(C)O)C(C)O. The van der Waals surface area contributed by atoms with Crippen LogP contribution in [0.15, 0.2) is 0 Å². The summed E-state index contributed by atoms with van der Waals surface area (Å²) in [7, 11) is 0. The molecule has 1 radical (unpaired) electrons. The summed E-state index contributed by atoms with van der Waals surface area (Å²) in [5.74, 6) is 0. The summed E-state index contributed by atoms with van der Waals surface area (Å²) in [4.78, 5) is 0. The summed E-state index contributed by atoms with van der Waals surface area (Å²) in [6.45, 7) is 3.65. The molecule has 0 bridgehead atoms. The van der Waals surface area contributed by atoms with Gasteiger partial charge < -0.3 is 25.5 Å². The minimum atomic E-state index is -2.19. The topological polar surface area (TPSA) is 101 Å². The maximum atomic E-state index is 9.66. The van der Waals surface area contributed by atoms with Crippen LogP contribution in [0.4, 0.5) is 0 Å². The van der Waals surface area contributed by atoms with Crippen LogP contribution in [0.1, 0.15) is 20.8 Å². The van der Waals surface area contributed by atoms with Gasteiger partial charge in [0.05, 0.1) is 18.3 Å². The fourth-order valence-electron chi connectivity index (χ4n) is 1.11. The average molecular weight is 193 g/mol. The van der Waals surface area contributed by atoms with Gasteiger partial charge in [-0.1, -0.05) is 0 Å². The van der Waals surface area contributed by atoms with E-state index in [1.165, 1.54) is 20.8 Å². The molecule has 0 aromatic heterocycles. The van der Waals surface area contributed by atoms with Crippen molar-refractivity contribution in [2.75, 3.05) is 0 Å². The van der Waals surface area contributed by atoms with Crippen LogP contribution in [0.5, 0.6) is 0 Å². The highest BCUT2D eigenvalue weighted by molar-refractivity contribution is 5.09. The molecular weight excluding hydrogens is 176 g/mol. The zero-order valence-electron chi connectivity index (χ0n) is 7.97. The molecular formula is C8H17O5. The minimum absolute atomic E-state index is 0.738. The summed E-state index contributed by atoms with van der Waals surface area (Å²) in [6.07, 6.45) is -4.80. The summed E-state index contributed by atoms with van der Waals surface area (Å²) in [5.41, 5.74) is -2.19. The van der Waals surface area contributed by atoms with Gasteiger partial charge >= 0.3 is 0 Å². The first-order chi connectivity index (χ1) is 5.74. The van der Waals surface area contributed by atoms with Gasteiger partial charge in [0.25, 0.3) is 0 Å². The van der Waals surface area contributed by atoms with E-state index in [2.05, 4.69) is 0 Å². The molecule has 0 saturated carbocycles. The summed E-state index contributed by atoms with van der Waals surface area (Å²) >= 11 is 0. The Morgan fingerprint density at radius 1 is 1.00 bits per heavy atom. The molecule has 0 fully saturated rings. The van der Waals surface area contributed by atoms with Crippen molar-refractivity contribution in [3.05, 3.63) is 6.10 Å². The first-order valence-corrected chi connectivity index (χ1v) is 4.07. The Labute approximate surface area is 77.3 Å². The number of aliphatic hydroxyl groups is 5. The quantitative estimate of drug-likeness (QED) is 0.384. The molecule has 13 heavy (non-hydrogen) atoms. The van der Waals surface area contributed by atoms with Crippen molar-refractivity contribution in [2.24, 2.45) is 0 Å². The summed E-state index contributed by atoms with van der Waals surface area (Å²) in [6, 6.07) is 0. The minimum Gasteiger partial charge on any atom is -0.390 e. The molecule has 0 rings (SSSR count). The van der Waals surface area contributed by atoms with Gasteiger partial charge in [0.2, 0.25) is 0 Å². The lowest BCUT2D eigenvalue weighted by atomic mass is 9.84. The Morgan fingerprint density at radius 2 is 1.31 bits per heavy atom. The monoisotopic (exact) mass is 193 g/mol. The predicted molar refractivity (Wildman–Crippen MR) is 45.2 cm³/mol. The fourth-order valence-corrected chi connectivity index (χ4v) is 1.11. The second kappa shape index (κ2) is 4.34. The van der Waals surface area contributed by atoms with Gasteiger partial charge in [-0.25, -0.2) is 0 Å². The van der Waals surface area contributed by atoms with E-state index in [9.17, 15) is 10.2 Å². The van der Waals surface area contributed by atoms with Crippen molar-refractivity contribution in [2.45, 2.75) is 44.7 Å². The number of hydrogen-bond donors (Lipinski definition) is 5. The third-order valence-electron chi connectivity index (χ3n) is 2.08. The molecule has 0 heterocycles. The van der Waals surface area contributed by atoms with Crippen molar-refractivity contribution in [3.63, 3.8) is 0 Å². The van der Waals surface area contributed by atoms with Crippen LogP contribution >= 0.6 is 0 Å². The van der Waals surface area contributed by atoms with Crippen molar-refractivity contribution in [3.8, 4) is 0 Å². The van der Waals surface area contributed by atoms with Crippen LogP contribution in [-0.4, -0.2) is 49.4 Å². The number of hydrogen-bond acceptors (Lipinski definition) is 5. The molecule has 0 aromatic carbocycles. The standard InChI is InChI=1S/C8H17O5/c1-4(9)7(12)8(13,5(2)10)6(3)11/h4-6,9-13H,1-3H3. The smallest absolute Gasteiger partial charge is 0.158 e. The summed E-state index contributed by atoms with van der Waals surface area (Å²) in [5, 5.41) is 46.2. The van der Waals surface area contributed by atoms with Crippen LogP contribution < -0.4 is 0 Å². The predicted octanol–water partition coefficient (Wildman–Crippen LogP) is -1.24. The Morgan fingerprint density at radius 3 is 1.38 bits per heavy atom. The molecule has 3 unspecified atom stereocenters. The third kappa shape index (κ3) is 2.38. The van der Waals surface area contributed by atoms with E-state index in [0.29, 0.717) is 0 Å². The maximum absolute atomic E-state index is 9.66. The Hall–Kier alpha value is -0.200. The highest BCUT2D eigenvalue weighted by atomic mass is 16.4. The zero-order chi connectivity index (χ0) is 10.8. The molecule has 3 atom stereocenters. The van der Waals surface area contributed by atoms with Crippen LogP contribution in [-0.2, 0) is 0 Å². The van der Waals surface area contributed by atoms with E-state index in [1.807, 2.05) is 0 Å². The van der Waals surface area contributed by atoms with Gasteiger partial charge in [0, 0.05) is 0 Å². The van der Waals surface area contributed by atoms with Crippen LogP contribution in [0.2, 0.25) is 0 Å². The Bertz CT molecular complexity index is 147. The first-order valence-electron chi connectivity index (χ1n) is 4.07. The normalized spacial score (nSPS) is 23.8. The van der Waals surface area contributed by atoms with Gasteiger partial charge in [-0.15, -0.1) is 0 Å². The van der Waals surface area contributed by atoms with Crippen LogP contribution in [0.3, 0.4) is 0 Å². The second-order valence-electron chi connectivity index (χ2n) is 3.24.